The molecule has 1 heterocycles. The smallest absolute Gasteiger partial charge is 0.307 e. The van der Waals surface area contributed by atoms with E-state index in [0.29, 0.717) is 0 Å². The largest absolute Gasteiger partial charge is 0.481 e. The van der Waals surface area contributed by atoms with Gasteiger partial charge in [-0.25, -0.2) is 12.8 Å². The number of aliphatic carboxylic acids is 1. The van der Waals surface area contributed by atoms with Gasteiger partial charge in [0.15, 0.2) is 5.82 Å². The highest BCUT2D eigenvalue weighted by Gasteiger charge is 2.37. The molecule has 0 aliphatic carbocycles. The molecule has 2 rings (SSSR count). The van der Waals surface area contributed by atoms with E-state index in [2.05, 4.69) is 15.9 Å². The minimum atomic E-state index is -3.99. The van der Waals surface area contributed by atoms with Gasteiger partial charge in [0.25, 0.3) is 0 Å². The Hall–Kier alpha value is -0.990. The fourth-order valence-corrected chi connectivity index (χ4v) is 4.05. The highest BCUT2D eigenvalue weighted by molar-refractivity contribution is 9.10. The van der Waals surface area contributed by atoms with Crippen molar-refractivity contribution in [3.8, 4) is 0 Å². The van der Waals surface area contributed by atoms with Crippen molar-refractivity contribution in [3.63, 3.8) is 0 Å². The quantitative estimate of drug-likeness (QED) is 0.898. The maximum atomic E-state index is 13.8. The number of carboxylic acids is 1. The molecule has 0 aromatic heterocycles. The van der Waals surface area contributed by atoms with Crippen LogP contribution in [0.2, 0.25) is 0 Å². The average Bonchev–Trinajstić information content (AvgIpc) is 2.82. The van der Waals surface area contributed by atoms with Crippen LogP contribution in [-0.4, -0.2) is 36.9 Å². The van der Waals surface area contributed by atoms with E-state index in [4.69, 9.17) is 5.11 Å². The Kier molecular flexibility index (Phi) is 3.93. The summed E-state index contributed by atoms with van der Waals surface area (Å²) in [5.74, 6) is -2.63. The summed E-state index contributed by atoms with van der Waals surface area (Å²) in [6, 6.07) is 3.99. The first-order chi connectivity index (χ1) is 8.84. The Balaban J connectivity index is 2.34. The molecule has 0 saturated carbocycles. The van der Waals surface area contributed by atoms with Crippen molar-refractivity contribution >= 4 is 31.9 Å². The van der Waals surface area contributed by atoms with Gasteiger partial charge >= 0.3 is 5.97 Å². The molecular weight excluding hydrogens is 341 g/mol. The van der Waals surface area contributed by atoms with E-state index in [-0.39, 0.29) is 24.0 Å². The number of sulfonamides is 1. The maximum Gasteiger partial charge on any atom is 0.307 e. The highest BCUT2D eigenvalue weighted by Crippen LogP contribution is 2.28. The zero-order valence-electron chi connectivity index (χ0n) is 9.71. The number of halogens is 2. The van der Waals surface area contributed by atoms with Crippen molar-refractivity contribution in [2.24, 2.45) is 5.92 Å². The van der Waals surface area contributed by atoms with E-state index >= 15 is 0 Å². The Morgan fingerprint density at radius 2 is 2.16 bits per heavy atom. The standard InChI is InChI=1S/C11H11BrFNO4S/c12-8-2-1-3-9(10(8)13)19(17,18)14-5-4-7(6-14)11(15)16/h1-3,7H,4-6H2,(H,15,16). The fourth-order valence-electron chi connectivity index (χ4n) is 1.97. The minimum Gasteiger partial charge on any atom is -0.481 e. The van der Waals surface area contributed by atoms with Gasteiger partial charge in [-0.3, -0.25) is 4.79 Å². The van der Waals surface area contributed by atoms with E-state index in [1.165, 1.54) is 18.2 Å². The molecule has 1 fully saturated rings. The third-order valence-corrected chi connectivity index (χ3v) is 5.53. The molecule has 0 radical (unpaired) electrons. The van der Waals surface area contributed by atoms with Crippen molar-refractivity contribution in [2.75, 3.05) is 13.1 Å². The molecule has 1 saturated heterocycles. The second-order valence-corrected chi connectivity index (χ2v) is 7.00. The SMILES string of the molecule is O=C(O)C1CCN(S(=O)(=O)c2cccc(Br)c2F)C1. The van der Waals surface area contributed by atoms with Crippen LogP contribution in [0.25, 0.3) is 0 Å². The second-order valence-electron chi connectivity index (χ2n) is 4.24. The van der Waals surface area contributed by atoms with Crippen LogP contribution in [-0.2, 0) is 14.8 Å². The zero-order chi connectivity index (χ0) is 14.2. The Bertz CT molecular complexity index is 619. The monoisotopic (exact) mass is 351 g/mol. The number of rotatable bonds is 3. The van der Waals surface area contributed by atoms with Crippen LogP contribution in [0.5, 0.6) is 0 Å². The number of hydrogen-bond acceptors (Lipinski definition) is 3. The van der Waals surface area contributed by atoms with Gasteiger partial charge in [-0.1, -0.05) is 6.07 Å². The number of benzene rings is 1. The summed E-state index contributed by atoms with van der Waals surface area (Å²) in [5.41, 5.74) is 0. The van der Waals surface area contributed by atoms with Crippen molar-refractivity contribution in [2.45, 2.75) is 11.3 Å². The normalized spacial score (nSPS) is 20.6. The van der Waals surface area contributed by atoms with Crippen molar-refractivity contribution in [1.82, 2.24) is 4.31 Å². The average molecular weight is 352 g/mol. The minimum absolute atomic E-state index is 0.0579. The van der Waals surface area contributed by atoms with Gasteiger partial charge in [-0.2, -0.15) is 4.31 Å². The fraction of sp³-hybridized carbons (Fsp3) is 0.364. The molecule has 1 atom stereocenters. The van der Waals surface area contributed by atoms with Gasteiger partial charge in [0.1, 0.15) is 4.90 Å². The molecule has 5 nitrogen and oxygen atoms in total. The topological polar surface area (TPSA) is 74.7 Å². The molecule has 1 aromatic carbocycles. The molecule has 1 aliphatic rings. The second kappa shape index (κ2) is 5.18. The lowest BCUT2D eigenvalue weighted by molar-refractivity contribution is -0.141. The van der Waals surface area contributed by atoms with Crippen LogP contribution in [0.4, 0.5) is 4.39 Å². The van der Waals surface area contributed by atoms with Crippen LogP contribution >= 0.6 is 15.9 Å². The van der Waals surface area contributed by atoms with Gasteiger partial charge in [0.2, 0.25) is 10.0 Å². The molecule has 0 amide bonds. The van der Waals surface area contributed by atoms with Crippen molar-refractivity contribution in [3.05, 3.63) is 28.5 Å². The lowest BCUT2D eigenvalue weighted by Crippen LogP contribution is -2.30. The summed E-state index contributed by atoms with van der Waals surface area (Å²) in [6.45, 7) is -0.0329. The summed E-state index contributed by atoms with van der Waals surface area (Å²) in [6.07, 6.45) is 0.240. The first-order valence-electron chi connectivity index (χ1n) is 5.51. The summed E-state index contributed by atoms with van der Waals surface area (Å²) >= 11 is 2.93. The Morgan fingerprint density at radius 1 is 1.47 bits per heavy atom. The van der Waals surface area contributed by atoms with Crippen LogP contribution in [0, 0.1) is 11.7 Å². The summed E-state index contributed by atoms with van der Waals surface area (Å²) < 4.78 is 39.4. The van der Waals surface area contributed by atoms with Crippen LogP contribution < -0.4 is 0 Å². The van der Waals surface area contributed by atoms with E-state index in [0.717, 1.165) is 4.31 Å². The molecule has 8 heteroatoms. The third-order valence-electron chi connectivity index (χ3n) is 3.03. The Labute approximate surface area is 118 Å². The van der Waals surface area contributed by atoms with Gasteiger partial charge in [0.05, 0.1) is 10.4 Å². The van der Waals surface area contributed by atoms with Crippen LogP contribution in [0.3, 0.4) is 0 Å². The zero-order valence-corrected chi connectivity index (χ0v) is 12.1. The van der Waals surface area contributed by atoms with Gasteiger partial charge < -0.3 is 5.11 Å². The first kappa shape index (κ1) is 14.4. The Morgan fingerprint density at radius 3 is 2.74 bits per heavy atom. The molecule has 19 heavy (non-hydrogen) atoms. The number of carboxylic acid groups (broad SMARTS) is 1. The summed E-state index contributed by atoms with van der Waals surface area (Å²) in [7, 11) is -3.99. The van der Waals surface area contributed by atoms with Crippen molar-refractivity contribution in [1.29, 1.82) is 0 Å². The van der Waals surface area contributed by atoms with Gasteiger partial charge in [-0.15, -0.1) is 0 Å². The number of nitrogens with zero attached hydrogens (tertiary/aromatic N) is 1. The molecule has 1 aliphatic heterocycles. The van der Waals surface area contributed by atoms with Crippen LogP contribution in [0.1, 0.15) is 6.42 Å². The first-order valence-corrected chi connectivity index (χ1v) is 7.74. The molecule has 1 unspecified atom stereocenters. The molecule has 0 bridgehead atoms. The predicted octanol–water partition coefficient (Wildman–Crippen LogP) is 1.68. The lowest BCUT2D eigenvalue weighted by Gasteiger charge is -2.16. The van der Waals surface area contributed by atoms with E-state index in [9.17, 15) is 17.6 Å². The van der Waals surface area contributed by atoms with Gasteiger partial charge in [-0.05, 0) is 34.5 Å². The van der Waals surface area contributed by atoms with E-state index < -0.39 is 32.6 Å². The summed E-state index contributed by atoms with van der Waals surface area (Å²) in [5, 5.41) is 8.86. The predicted molar refractivity (Wildman–Crippen MR) is 68.6 cm³/mol. The lowest BCUT2D eigenvalue weighted by atomic mass is 10.1. The van der Waals surface area contributed by atoms with E-state index in [1.54, 1.807) is 0 Å². The van der Waals surface area contributed by atoms with E-state index in [1.807, 2.05) is 0 Å². The highest BCUT2D eigenvalue weighted by atomic mass is 79.9. The summed E-state index contributed by atoms with van der Waals surface area (Å²) in [4.78, 5) is 10.4. The molecular formula is C11H11BrFNO4S. The third kappa shape index (κ3) is 2.65. The molecule has 0 spiro atoms. The van der Waals surface area contributed by atoms with Crippen molar-refractivity contribution < 1.29 is 22.7 Å². The molecule has 104 valence electrons. The molecule has 1 aromatic rings. The van der Waals surface area contributed by atoms with Crippen LogP contribution in [0.15, 0.2) is 27.6 Å². The molecule has 1 N–H and O–H groups in total. The number of hydrogen-bond donors (Lipinski definition) is 1. The van der Waals surface area contributed by atoms with Gasteiger partial charge in [0, 0.05) is 13.1 Å². The number of carbonyl (C=O) groups is 1. The maximum absolute atomic E-state index is 13.8.